The number of H-pyrrole nitrogens is 1. The molecule has 1 N–H and O–H groups in total. The number of alkyl halides is 3. The van der Waals surface area contributed by atoms with Gasteiger partial charge in [-0.15, -0.1) is 0 Å². The lowest BCUT2D eigenvalue weighted by Crippen LogP contribution is -2.35. The third-order valence-corrected chi connectivity index (χ3v) is 5.73. The summed E-state index contributed by atoms with van der Waals surface area (Å²) in [4.78, 5) is 18.6. The Hall–Kier alpha value is -3.53. The molecule has 1 amide bonds. The maximum absolute atomic E-state index is 13.8. The number of furan rings is 1. The van der Waals surface area contributed by atoms with Gasteiger partial charge in [-0.3, -0.25) is 14.3 Å². The summed E-state index contributed by atoms with van der Waals surface area (Å²) in [7, 11) is 0. The zero-order chi connectivity index (χ0) is 22.5. The second kappa shape index (κ2) is 7.56. The third-order valence-electron chi connectivity index (χ3n) is 5.37. The predicted octanol–water partition coefficient (Wildman–Crippen LogP) is 4.92. The maximum Gasteiger partial charge on any atom is 0.420 e. The van der Waals surface area contributed by atoms with E-state index in [1.54, 1.807) is 6.20 Å². The predicted molar refractivity (Wildman–Crippen MR) is 110 cm³/mol. The number of hydrogen-bond donors (Lipinski definition) is 1. The molecule has 32 heavy (non-hydrogen) atoms. The number of carbonyl (C=O) groups is 1. The minimum Gasteiger partial charge on any atom is -0.472 e. The largest absolute Gasteiger partial charge is 0.472 e. The molecule has 0 bridgehead atoms. The Morgan fingerprint density at radius 2 is 2.09 bits per heavy atom. The van der Waals surface area contributed by atoms with Gasteiger partial charge in [0.2, 0.25) is 0 Å². The van der Waals surface area contributed by atoms with Gasteiger partial charge in [-0.1, -0.05) is 17.7 Å². The Balaban J connectivity index is 1.54. The van der Waals surface area contributed by atoms with Crippen LogP contribution in [0.3, 0.4) is 0 Å². The van der Waals surface area contributed by atoms with Crippen LogP contribution in [0.25, 0.3) is 22.3 Å². The Morgan fingerprint density at radius 1 is 1.25 bits per heavy atom. The second-order valence-corrected chi connectivity index (χ2v) is 7.66. The van der Waals surface area contributed by atoms with Crippen LogP contribution in [-0.2, 0) is 6.18 Å². The van der Waals surface area contributed by atoms with E-state index in [1.165, 1.54) is 29.7 Å². The highest BCUT2D eigenvalue weighted by molar-refractivity contribution is 6.33. The van der Waals surface area contributed by atoms with E-state index in [1.807, 2.05) is 12.1 Å². The molecule has 0 spiro atoms. The quantitative estimate of drug-likeness (QED) is 0.469. The molecule has 4 aromatic rings. The molecule has 0 radical (unpaired) electrons. The zero-order valence-electron chi connectivity index (χ0n) is 16.4. The molecule has 164 valence electrons. The van der Waals surface area contributed by atoms with Crippen molar-refractivity contribution >= 4 is 28.7 Å². The number of aromatic nitrogens is 4. The van der Waals surface area contributed by atoms with E-state index in [2.05, 4.69) is 15.2 Å². The first-order valence-electron chi connectivity index (χ1n) is 9.62. The van der Waals surface area contributed by atoms with Crippen molar-refractivity contribution in [1.82, 2.24) is 24.5 Å². The standard InChI is InChI=1S/C21H15ClF3N5O2/c22-18-17(20(31)29-6-2-12(3-7-29)16-1-5-26-28-16)27-19-15(21(23,24)25)9-14(10-30(18)19)13-4-8-32-11-13/h1-2,4-5,8-11H,3,6-7H2,(H,26,28). The topological polar surface area (TPSA) is 79.4 Å². The number of rotatable bonds is 3. The molecule has 0 fully saturated rings. The lowest BCUT2D eigenvalue weighted by molar-refractivity contribution is -0.136. The molecule has 5 heterocycles. The van der Waals surface area contributed by atoms with Crippen LogP contribution in [0.15, 0.2) is 53.6 Å². The van der Waals surface area contributed by atoms with Crippen molar-refractivity contribution in [2.75, 3.05) is 13.1 Å². The molecule has 0 saturated heterocycles. The average molecular weight is 462 g/mol. The fourth-order valence-electron chi connectivity index (χ4n) is 3.73. The fraction of sp³-hybridized carbons (Fsp3) is 0.190. The van der Waals surface area contributed by atoms with Crippen LogP contribution in [0.4, 0.5) is 13.2 Å². The molecule has 7 nitrogen and oxygen atoms in total. The number of halogens is 4. The van der Waals surface area contributed by atoms with E-state index >= 15 is 0 Å². The molecule has 1 aliphatic rings. The van der Waals surface area contributed by atoms with Crippen molar-refractivity contribution in [2.45, 2.75) is 12.6 Å². The van der Waals surface area contributed by atoms with Crippen LogP contribution in [0.2, 0.25) is 5.15 Å². The molecule has 11 heteroatoms. The van der Waals surface area contributed by atoms with Crippen molar-refractivity contribution in [2.24, 2.45) is 0 Å². The van der Waals surface area contributed by atoms with Gasteiger partial charge in [0.15, 0.2) is 11.3 Å². The van der Waals surface area contributed by atoms with Gasteiger partial charge in [-0.05, 0) is 30.2 Å². The average Bonchev–Trinajstić information content (AvgIpc) is 3.54. The summed E-state index contributed by atoms with van der Waals surface area (Å²) >= 11 is 6.37. The van der Waals surface area contributed by atoms with Crippen molar-refractivity contribution in [3.8, 4) is 11.1 Å². The number of nitrogens with one attached hydrogen (secondary N) is 1. The van der Waals surface area contributed by atoms with Gasteiger partial charge >= 0.3 is 6.18 Å². The molecule has 1 aliphatic heterocycles. The minimum atomic E-state index is -4.69. The van der Waals surface area contributed by atoms with Crippen LogP contribution in [-0.4, -0.2) is 43.5 Å². The molecule has 5 rings (SSSR count). The highest BCUT2D eigenvalue weighted by Crippen LogP contribution is 2.37. The number of pyridine rings is 1. The monoisotopic (exact) mass is 461 g/mol. The minimum absolute atomic E-state index is 0.177. The molecule has 0 saturated carbocycles. The second-order valence-electron chi connectivity index (χ2n) is 7.30. The molecule has 0 aliphatic carbocycles. The smallest absolute Gasteiger partial charge is 0.420 e. The van der Waals surface area contributed by atoms with Gasteiger partial charge in [0.1, 0.15) is 5.15 Å². The number of imidazole rings is 1. The van der Waals surface area contributed by atoms with Gasteiger partial charge in [0.25, 0.3) is 5.91 Å². The van der Waals surface area contributed by atoms with Crippen LogP contribution < -0.4 is 0 Å². The number of fused-ring (bicyclic) bond motifs is 1. The van der Waals surface area contributed by atoms with Crippen LogP contribution in [0.5, 0.6) is 0 Å². The molecule has 0 atom stereocenters. The summed E-state index contributed by atoms with van der Waals surface area (Å²) in [6, 6.07) is 4.34. The molecule has 0 aromatic carbocycles. The summed E-state index contributed by atoms with van der Waals surface area (Å²) in [5.41, 5.74) is 0.923. The van der Waals surface area contributed by atoms with Crippen molar-refractivity contribution in [1.29, 1.82) is 0 Å². The maximum atomic E-state index is 13.8. The zero-order valence-corrected chi connectivity index (χ0v) is 17.1. The van der Waals surface area contributed by atoms with Gasteiger partial charge in [-0.2, -0.15) is 18.3 Å². The Kier molecular flexibility index (Phi) is 4.81. The molecule has 4 aromatic heterocycles. The van der Waals surface area contributed by atoms with Crippen molar-refractivity contribution in [3.63, 3.8) is 0 Å². The lowest BCUT2D eigenvalue weighted by Gasteiger charge is -2.25. The first kappa shape index (κ1) is 20.4. The van der Waals surface area contributed by atoms with E-state index in [4.69, 9.17) is 16.0 Å². The Morgan fingerprint density at radius 3 is 2.72 bits per heavy atom. The van der Waals surface area contributed by atoms with E-state index in [9.17, 15) is 18.0 Å². The summed E-state index contributed by atoms with van der Waals surface area (Å²) in [5, 5.41) is 6.61. The van der Waals surface area contributed by atoms with Gasteiger partial charge in [0.05, 0.1) is 23.8 Å². The van der Waals surface area contributed by atoms with E-state index in [0.29, 0.717) is 18.5 Å². The van der Waals surface area contributed by atoms with Crippen molar-refractivity contribution in [3.05, 3.63) is 71.3 Å². The van der Waals surface area contributed by atoms with Gasteiger partial charge in [0, 0.05) is 36.6 Å². The normalized spacial score (nSPS) is 14.8. The highest BCUT2D eigenvalue weighted by atomic mass is 35.5. The van der Waals surface area contributed by atoms with E-state index in [-0.39, 0.29) is 23.0 Å². The van der Waals surface area contributed by atoms with E-state index in [0.717, 1.165) is 21.7 Å². The highest BCUT2D eigenvalue weighted by Gasteiger charge is 2.36. The molecular formula is C21H15ClF3N5O2. The van der Waals surface area contributed by atoms with E-state index < -0.39 is 23.3 Å². The number of hydrogen-bond acceptors (Lipinski definition) is 4. The first-order chi connectivity index (χ1) is 15.3. The number of amides is 1. The molecule has 0 unspecified atom stereocenters. The Bertz CT molecular complexity index is 1320. The number of aromatic amines is 1. The molecular weight excluding hydrogens is 447 g/mol. The van der Waals surface area contributed by atoms with Crippen LogP contribution in [0, 0.1) is 0 Å². The number of nitrogens with zero attached hydrogens (tertiary/aromatic N) is 4. The Labute approximate surface area is 184 Å². The summed E-state index contributed by atoms with van der Waals surface area (Å²) in [6.45, 7) is 0.657. The van der Waals surface area contributed by atoms with Crippen LogP contribution >= 0.6 is 11.6 Å². The summed E-state index contributed by atoms with van der Waals surface area (Å²) < 4.78 is 47.4. The fourth-order valence-corrected chi connectivity index (χ4v) is 3.98. The van der Waals surface area contributed by atoms with Gasteiger partial charge in [-0.25, -0.2) is 4.98 Å². The third kappa shape index (κ3) is 3.46. The first-order valence-corrected chi connectivity index (χ1v) is 10.00. The van der Waals surface area contributed by atoms with Gasteiger partial charge < -0.3 is 9.32 Å². The van der Waals surface area contributed by atoms with Crippen LogP contribution in [0.1, 0.15) is 28.2 Å². The van der Waals surface area contributed by atoms with Crippen molar-refractivity contribution < 1.29 is 22.4 Å². The summed E-state index contributed by atoms with van der Waals surface area (Å²) in [6.07, 6.45) is 3.49. The lowest BCUT2D eigenvalue weighted by atomic mass is 10.0. The summed E-state index contributed by atoms with van der Waals surface area (Å²) in [5.74, 6) is -0.531. The SMILES string of the molecule is O=C(c1nc2c(C(F)(F)F)cc(-c3ccoc3)cn2c1Cl)N1CC=C(c2ccn[nH]2)CC1. The number of carbonyl (C=O) groups excluding carboxylic acids is 1.